The lowest BCUT2D eigenvalue weighted by Gasteiger charge is -2.16. The van der Waals surface area contributed by atoms with E-state index in [0.717, 1.165) is 36.1 Å². The van der Waals surface area contributed by atoms with Crippen molar-refractivity contribution in [3.05, 3.63) is 51.8 Å². The van der Waals surface area contributed by atoms with Gasteiger partial charge in [0.1, 0.15) is 0 Å². The van der Waals surface area contributed by atoms with Gasteiger partial charge in [-0.3, -0.25) is 9.59 Å². The molecule has 3 aromatic rings. The Morgan fingerprint density at radius 1 is 1.20 bits per heavy atom. The van der Waals surface area contributed by atoms with Gasteiger partial charge in [0, 0.05) is 30.4 Å². The van der Waals surface area contributed by atoms with Crippen LogP contribution < -0.4 is 5.32 Å². The SMILES string of the molecule is Cc1ccc(NC(=O)CC(CCC(=O)O)c2noc(-c3cc(CC(C)C)no3)c2C2CC2)c(Cl)c1. The maximum atomic E-state index is 13.0. The maximum Gasteiger partial charge on any atom is 0.303 e. The highest BCUT2D eigenvalue weighted by Crippen LogP contribution is 2.49. The number of halogens is 1. The number of amides is 1. The number of aryl methyl sites for hydroxylation is 1. The highest BCUT2D eigenvalue weighted by molar-refractivity contribution is 6.33. The van der Waals surface area contributed by atoms with E-state index in [9.17, 15) is 14.7 Å². The van der Waals surface area contributed by atoms with Gasteiger partial charge in [-0.05, 0) is 62.1 Å². The van der Waals surface area contributed by atoms with Crippen LogP contribution in [0.5, 0.6) is 0 Å². The van der Waals surface area contributed by atoms with Crippen LogP contribution in [0.2, 0.25) is 5.02 Å². The number of carbonyl (C=O) groups is 2. The fourth-order valence-electron chi connectivity index (χ4n) is 4.26. The highest BCUT2D eigenvalue weighted by atomic mass is 35.5. The Morgan fingerprint density at radius 2 is 1.97 bits per heavy atom. The molecule has 0 bridgehead atoms. The van der Waals surface area contributed by atoms with Crippen molar-refractivity contribution in [2.45, 2.75) is 71.1 Å². The Labute approximate surface area is 209 Å². The van der Waals surface area contributed by atoms with Gasteiger partial charge < -0.3 is 19.5 Å². The molecule has 35 heavy (non-hydrogen) atoms. The van der Waals surface area contributed by atoms with Gasteiger partial charge >= 0.3 is 5.97 Å². The second-order valence-electron chi connectivity index (χ2n) is 9.73. The van der Waals surface area contributed by atoms with Crippen molar-refractivity contribution in [2.75, 3.05) is 5.32 Å². The number of nitrogens with one attached hydrogen (secondary N) is 1. The van der Waals surface area contributed by atoms with Crippen LogP contribution in [0.15, 0.2) is 33.3 Å². The Morgan fingerprint density at radius 3 is 2.63 bits per heavy atom. The first kappa shape index (κ1) is 25.0. The predicted octanol–water partition coefficient (Wildman–Crippen LogP) is 6.34. The summed E-state index contributed by atoms with van der Waals surface area (Å²) >= 11 is 6.27. The third-order valence-electron chi connectivity index (χ3n) is 6.07. The largest absolute Gasteiger partial charge is 0.481 e. The van der Waals surface area contributed by atoms with Crippen molar-refractivity contribution in [2.24, 2.45) is 5.92 Å². The standard InChI is InChI=1S/C26H30ClN3O5/c1-14(2)10-18-13-21(34-29-18)26-24(16-5-6-16)25(30-35-26)17(7-9-23(32)33)12-22(31)28-20-8-4-15(3)11-19(20)27/h4,8,11,13-14,16-17H,5-7,9-10,12H2,1-3H3,(H,28,31)(H,32,33). The van der Waals surface area contributed by atoms with Crippen LogP contribution in [-0.4, -0.2) is 27.3 Å². The monoisotopic (exact) mass is 499 g/mol. The van der Waals surface area contributed by atoms with Crippen LogP contribution in [0, 0.1) is 12.8 Å². The van der Waals surface area contributed by atoms with Gasteiger partial charge in [0.25, 0.3) is 0 Å². The molecule has 0 saturated heterocycles. The molecule has 1 amide bonds. The van der Waals surface area contributed by atoms with E-state index < -0.39 is 11.9 Å². The van der Waals surface area contributed by atoms with E-state index >= 15 is 0 Å². The minimum Gasteiger partial charge on any atom is -0.481 e. The predicted molar refractivity (Wildman–Crippen MR) is 132 cm³/mol. The molecule has 1 aromatic carbocycles. The molecular weight excluding hydrogens is 470 g/mol. The maximum absolute atomic E-state index is 13.0. The lowest BCUT2D eigenvalue weighted by atomic mass is 9.90. The number of carboxylic acid groups (broad SMARTS) is 1. The van der Waals surface area contributed by atoms with Crippen molar-refractivity contribution < 1.29 is 23.7 Å². The summed E-state index contributed by atoms with van der Waals surface area (Å²) in [5.41, 5.74) is 3.86. The van der Waals surface area contributed by atoms with Crippen molar-refractivity contribution in [1.82, 2.24) is 10.3 Å². The molecule has 1 saturated carbocycles. The number of aliphatic carboxylic acids is 1. The second kappa shape index (κ2) is 10.6. The normalized spacial score (nSPS) is 14.3. The van der Waals surface area contributed by atoms with E-state index in [2.05, 4.69) is 29.5 Å². The van der Waals surface area contributed by atoms with E-state index in [1.165, 1.54) is 0 Å². The summed E-state index contributed by atoms with van der Waals surface area (Å²) in [5.74, 6) is 0.0791. The highest BCUT2D eigenvalue weighted by Gasteiger charge is 2.37. The number of anilines is 1. The summed E-state index contributed by atoms with van der Waals surface area (Å²) in [6.45, 7) is 6.14. The van der Waals surface area contributed by atoms with E-state index in [4.69, 9.17) is 20.6 Å². The van der Waals surface area contributed by atoms with Crippen molar-refractivity contribution in [3.8, 4) is 11.5 Å². The molecule has 4 rings (SSSR count). The molecule has 1 aliphatic rings. The molecule has 1 aliphatic carbocycles. The minimum atomic E-state index is -0.928. The summed E-state index contributed by atoms with van der Waals surface area (Å²) < 4.78 is 11.3. The van der Waals surface area contributed by atoms with E-state index in [1.54, 1.807) is 12.1 Å². The fraction of sp³-hybridized carbons (Fsp3) is 0.462. The number of carbonyl (C=O) groups excluding carboxylic acids is 1. The van der Waals surface area contributed by atoms with Crippen molar-refractivity contribution in [1.29, 1.82) is 0 Å². The van der Waals surface area contributed by atoms with Crippen molar-refractivity contribution >= 4 is 29.2 Å². The van der Waals surface area contributed by atoms with Crippen LogP contribution in [0.1, 0.15) is 80.3 Å². The Hall–Kier alpha value is -3.13. The molecule has 2 N–H and O–H groups in total. The topological polar surface area (TPSA) is 118 Å². The molecular formula is C26H30ClN3O5. The number of hydrogen-bond donors (Lipinski definition) is 2. The lowest BCUT2D eigenvalue weighted by Crippen LogP contribution is -2.17. The molecule has 2 aromatic heterocycles. The number of nitrogens with zero attached hydrogens (tertiary/aromatic N) is 2. The molecule has 1 unspecified atom stereocenters. The molecule has 0 aliphatic heterocycles. The summed E-state index contributed by atoms with van der Waals surface area (Å²) in [6, 6.07) is 7.27. The fourth-order valence-corrected chi connectivity index (χ4v) is 4.54. The third-order valence-corrected chi connectivity index (χ3v) is 6.38. The van der Waals surface area contributed by atoms with Crippen LogP contribution >= 0.6 is 11.6 Å². The molecule has 8 nitrogen and oxygen atoms in total. The molecule has 0 spiro atoms. The molecule has 9 heteroatoms. The zero-order chi connectivity index (χ0) is 25.1. The first-order chi connectivity index (χ1) is 16.7. The number of benzene rings is 1. The van der Waals surface area contributed by atoms with Crippen LogP contribution in [0.3, 0.4) is 0 Å². The van der Waals surface area contributed by atoms with Gasteiger partial charge in [-0.2, -0.15) is 0 Å². The average molecular weight is 500 g/mol. The molecule has 186 valence electrons. The second-order valence-corrected chi connectivity index (χ2v) is 10.1. The zero-order valence-electron chi connectivity index (χ0n) is 20.1. The quantitative estimate of drug-likeness (QED) is 0.315. The van der Waals surface area contributed by atoms with Crippen LogP contribution in [-0.2, 0) is 16.0 Å². The summed E-state index contributed by atoms with van der Waals surface area (Å²) in [5, 5.41) is 21.1. The van der Waals surface area contributed by atoms with Crippen LogP contribution in [0.4, 0.5) is 5.69 Å². The van der Waals surface area contributed by atoms with Gasteiger partial charge in [0.05, 0.1) is 22.1 Å². The summed E-state index contributed by atoms with van der Waals surface area (Å²) in [6.07, 6.45) is 2.96. The zero-order valence-corrected chi connectivity index (χ0v) is 20.9. The van der Waals surface area contributed by atoms with Gasteiger partial charge in [-0.15, -0.1) is 0 Å². The van der Waals surface area contributed by atoms with Gasteiger partial charge in [-0.25, -0.2) is 0 Å². The summed E-state index contributed by atoms with van der Waals surface area (Å²) in [7, 11) is 0. The molecule has 1 atom stereocenters. The van der Waals surface area contributed by atoms with Crippen LogP contribution in [0.25, 0.3) is 11.5 Å². The lowest BCUT2D eigenvalue weighted by molar-refractivity contribution is -0.137. The van der Waals surface area contributed by atoms with Crippen molar-refractivity contribution in [3.63, 3.8) is 0 Å². The Kier molecular flexibility index (Phi) is 7.60. The minimum absolute atomic E-state index is 0.0538. The van der Waals surface area contributed by atoms with E-state index in [-0.39, 0.29) is 31.1 Å². The number of carboxylic acids is 1. The van der Waals surface area contributed by atoms with Gasteiger partial charge in [0.2, 0.25) is 17.4 Å². The number of rotatable bonds is 11. The average Bonchev–Trinajstić information content (AvgIpc) is 3.36. The van der Waals surface area contributed by atoms with E-state index in [1.807, 2.05) is 19.1 Å². The first-order valence-corrected chi connectivity index (χ1v) is 12.3. The number of hydrogen-bond acceptors (Lipinski definition) is 6. The third kappa shape index (κ3) is 6.31. The Balaban J connectivity index is 1.60. The van der Waals surface area contributed by atoms with Gasteiger partial charge in [0.15, 0.2) is 0 Å². The van der Waals surface area contributed by atoms with E-state index in [0.29, 0.717) is 33.8 Å². The number of aromatic nitrogens is 2. The Bertz CT molecular complexity index is 1210. The molecule has 1 fully saturated rings. The first-order valence-electron chi connectivity index (χ1n) is 11.9. The molecule has 2 heterocycles. The summed E-state index contributed by atoms with van der Waals surface area (Å²) in [4.78, 5) is 24.3. The van der Waals surface area contributed by atoms with Gasteiger partial charge in [-0.1, -0.05) is 41.8 Å². The molecule has 0 radical (unpaired) electrons. The smallest absolute Gasteiger partial charge is 0.303 e.